The van der Waals surface area contributed by atoms with Gasteiger partial charge in [-0.1, -0.05) is 6.92 Å². The Kier molecular flexibility index (Phi) is 4.65. The molecule has 7 heteroatoms. The molecule has 1 N–H and O–H groups in total. The molecule has 5 nitrogen and oxygen atoms in total. The van der Waals surface area contributed by atoms with Crippen molar-refractivity contribution < 1.29 is 18.3 Å². The first kappa shape index (κ1) is 16.9. The van der Waals surface area contributed by atoms with Crippen LogP contribution in [0.15, 0.2) is 36.7 Å². The lowest BCUT2D eigenvalue weighted by Gasteiger charge is -2.12. The first-order valence-corrected chi connectivity index (χ1v) is 7.92. The number of carbonyl (C=O) groups is 1. The molecule has 0 aliphatic heterocycles. The van der Waals surface area contributed by atoms with Crippen LogP contribution in [0.2, 0.25) is 0 Å². The van der Waals surface area contributed by atoms with Gasteiger partial charge in [0.05, 0.1) is 12.3 Å². The lowest BCUT2D eigenvalue weighted by Crippen LogP contribution is -2.14. The van der Waals surface area contributed by atoms with Gasteiger partial charge in [0.15, 0.2) is 11.6 Å². The second-order valence-corrected chi connectivity index (χ2v) is 5.42. The van der Waals surface area contributed by atoms with Crippen LogP contribution in [-0.4, -0.2) is 21.9 Å². The van der Waals surface area contributed by atoms with Crippen molar-refractivity contribution in [3.63, 3.8) is 0 Å². The number of aromatic nitrogens is 2. The van der Waals surface area contributed by atoms with Crippen molar-refractivity contribution in [3.05, 3.63) is 59.6 Å². The number of imidazole rings is 1. The maximum absolute atomic E-state index is 13.3. The Bertz CT molecular complexity index is 937. The minimum absolute atomic E-state index is 0.0151. The van der Waals surface area contributed by atoms with E-state index < -0.39 is 17.5 Å². The minimum Gasteiger partial charge on any atom is -0.491 e. The fourth-order valence-electron chi connectivity index (χ4n) is 2.44. The van der Waals surface area contributed by atoms with Crippen LogP contribution in [0.25, 0.3) is 5.65 Å². The van der Waals surface area contributed by atoms with E-state index >= 15 is 0 Å². The Morgan fingerprint density at radius 1 is 1.20 bits per heavy atom. The second kappa shape index (κ2) is 6.88. The molecular weight excluding hydrogens is 328 g/mol. The standard InChI is InChI=1S/C18H17F2N3O2/c1-3-12-9-23-10-15(16(25-4-2)8-17(23)21-12)22-18(24)11-5-6-13(19)14(20)7-11/h5-10H,3-4H2,1-2H3,(H,22,24). The highest BCUT2D eigenvalue weighted by Crippen LogP contribution is 2.27. The average Bonchev–Trinajstić information content (AvgIpc) is 2.99. The SMILES string of the molecule is CCOc1cc2nc(CC)cn2cc1NC(=O)c1ccc(F)c(F)c1. The molecule has 0 aliphatic rings. The molecule has 0 bridgehead atoms. The zero-order valence-electron chi connectivity index (χ0n) is 13.8. The molecule has 3 aromatic rings. The number of hydrogen-bond acceptors (Lipinski definition) is 3. The molecule has 2 aromatic heterocycles. The van der Waals surface area contributed by atoms with E-state index in [9.17, 15) is 13.6 Å². The highest BCUT2D eigenvalue weighted by Gasteiger charge is 2.14. The van der Waals surface area contributed by atoms with Gasteiger partial charge in [0, 0.05) is 24.0 Å². The lowest BCUT2D eigenvalue weighted by molar-refractivity contribution is 0.102. The van der Waals surface area contributed by atoms with Crippen LogP contribution >= 0.6 is 0 Å². The highest BCUT2D eigenvalue weighted by molar-refractivity contribution is 6.05. The van der Waals surface area contributed by atoms with E-state index in [0.29, 0.717) is 23.7 Å². The zero-order chi connectivity index (χ0) is 18.0. The molecule has 0 spiro atoms. The molecule has 0 saturated carbocycles. The quantitative estimate of drug-likeness (QED) is 0.765. The van der Waals surface area contributed by atoms with Crippen LogP contribution in [-0.2, 0) is 6.42 Å². The third-order valence-electron chi connectivity index (χ3n) is 3.70. The number of fused-ring (bicyclic) bond motifs is 1. The number of ether oxygens (including phenoxy) is 1. The van der Waals surface area contributed by atoms with E-state index in [-0.39, 0.29) is 5.56 Å². The molecule has 2 heterocycles. The molecule has 1 amide bonds. The Hall–Kier alpha value is -2.96. The number of amides is 1. The fourth-order valence-corrected chi connectivity index (χ4v) is 2.44. The van der Waals surface area contributed by atoms with E-state index in [2.05, 4.69) is 10.3 Å². The van der Waals surface area contributed by atoms with Crippen LogP contribution in [0.3, 0.4) is 0 Å². The number of hydrogen-bond donors (Lipinski definition) is 1. The van der Waals surface area contributed by atoms with Crippen molar-refractivity contribution in [1.82, 2.24) is 9.38 Å². The molecule has 25 heavy (non-hydrogen) atoms. The van der Waals surface area contributed by atoms with Gasteiger partial charge in [-0.15, -0.1) is 0 Å². The summed E-state index contributed by atoms with van der Waals surface area (Å²) in [5.74, 6) is -2.18. The summed E-state index contributed by atoms with van der Waals surface area (Å²) in [6.45, 7) is 4.23. The number of nitrogens with one attached hydrogen (secondary N) is 1. The van der Waals surface area contributed by atoms with Crippen molar-refractivity contribution in [2.24, 2.45) is 0 Å². The molecule has 0 atom stereocenters. The lowest BCUT2D eigenvalue weighted by atomic mass is 10.2. The minimum atomic E-state index is -1.07. The molecule has 0 aliphatic carbocycles. The number of carbonyl (C=O) groups excluding carboxylic acids is 1. The third-order valence-corrected chi connectivity index (χ3v) is 3.70. The number of anilines is 1. The van der Waals surface area contributed by atoms with Gasteiger partial charge >= 0.3 is 0 Å². The number of nitrogens with zero attached hydrogens (tertiary/aromatic N) is 2. The second-order valence-electron chi connectivity index (χ2n) is 5.42. The van der Waals surface area contributed by atoms with Gasteiger partial charge in [0.25, 0.3) is 5.91 Å². The first-order valence-electron chi connectivity index (χ1n) is 7.92. The summed E-state index contributed by atoms with van der Waals surface area (Å²) < 4.78 is 33.7. The largest absolute Gasteiger partial charge is 0.491 e. The summed E-state index contributed by atoms with van der Waals surface area (Å²) in [5.41, 5.74) is 2.04. The number of benzene rings is 1. The van der Waals surface area contributed by atoms with E-state index in [1.165, 1.54) is 6.07 Å². The third kappa shape index (κ3) is 3.45. The number of halogens is 2. The Morgan fingerprint density at radius 3 is 2.68 bits per heavy atom. The molecule has 0 radical (unpaired) electrons. The summed E-state index contributed by atoms with van der Waals surface area (Å²) >= 11 is 0. The van der Waals surface area contributed by atoms with Gasteiger partial charge in [-0.05, 0) is 31.5 Å². The number of aryl methyl sites for hydroxylation is 1. The first-order chi connectivity index (χ1) is 12.0. The summed E-state index contributed by atoms with van der Waals surface area (Å²) in [7, 11) is 0. The summed E-state index contributed by atoms with van der Waals surface area (Å²) in [6, 6.07) is 4.72. The highest BCUT2D eigenvalue weighted by atomic mass is 19.2. The van der Waals surface area contributed by atoms with E-state index in [1.807, 2.05) is 20.0 Å². The van der Waals surface area contributed by atoms with Crippen LogP contribution in [0.1, 0.15) is 29.9 Å². The monoisotopic (exact) mass is 345 g/mol. The van der Waals surface area contributed by atoms with Gasteiger partial charge in [0.2, 0.25) is 0 Å². The Labute approximate surface area is 143 Å². The molecule has 1 aromatic carbocycles. The van der Waals surface area contributed by atoms with Crippen LogP contribution in [0.5, 0.6) is 5.75 Å². The number of pyridine rings is 1. The molecule has 0 unspecified atom stereocenters. The van der Waals surface area contributed by atoms with E-state index in [0.717, 1.165) is 24.2 Å². The normalized spacial score (nSPS) is 10.9. The smallest absolute Gasteiger partial charge is 0.255 e. The predicted octanol–water partition coefficient (Wildman–Crippen LogP) is 3.83. The van der Waals surface area contributed by atoms with Crippen molar-refractivity contribution >= 4 is 17.2 Å². The molecular formula is C18H17F2N3O2. The van der Waals surface area contributed by atoms with Crippen molar-refractivity contribution in [1.29, 1.82) is 0 Å². The number of rotatable bonds is 5. The van der Waals surface area contributed by atoms with Gasteiger partial charge in [0.1, 0.15) is 17.1 Å². The van der Waals surface area contributed by atoms with Crippen molar-refractivity contribution in [2.45, 2.75) is 20.3 Å². The van der Waals surface area contributed by atoms with E-state index in [4.69, 9.17) is 4.74 Å². The Balaban J connectivity index is 1.96. The van der Waals surface area contributed by atoms with Gasteiger partial charge in [-0.25, -0.2) is 13.8 Å². The maximum atomic E-state index is 13.3. The molecule has 3 rings (SSSR count). The van der Waals surface area contributed by atoms with Gasteiger partial charge < -0.3 is 14.5 Å². The van der Waals surface area contributed by atoms with Gasteiger partial charge in [-0.3, -0.25) is 4.79 Å². The van der Waals surface area contributed by atoms with Crippen LogP contribution < -0.4 is 10.1 Å². The maximum Gasteiger partial charge on any atom is 0.255 e. The van der Waals surface area contributed by atoms with Crippen LogP contribution in [0, 0.1) is 11.6 Å². The molecule has 130 valence electrons. The summed E-state index contributed by atoms with van der Waals surface area (Å²) in [6.07, 6.45) is 4.32. The van der Waals surface area contributed by atoms with Crippen molar-refractivity contribution in [3.8, 4) is 5.75 Å². The fraction of sp³-hybridized carbons (Fsp3) is 0.222. The Morgan fingerprint density at radius 2 is 2.00 bits per heavy atom. The van der Waals surface area contributed by atoms with Crippen molar-refractivity contribution in [2.75, 3.05) is 11.9 Å². The average molecular weight is 345 g/mol. The van der Waals surface area contributed by atoms with Gasteiger partial charge in [-0.2, -0.15) is 0 Å². The molecule has 0 saturated heterocycles. The molecule has 0 fully saturated rings. The predicted molar refractivity (Wildman–Crippen MR) is 90.1 cm³/mol. The zero-order valence-corrected chi connectivity index (χ0v) is 13.8. The topological polar surface area (TPSA) is 55.6 Å². The summed E-state index contributed by atoms with van der Waals surface area (Å²) in [5, 5.41) is 2.68. The summed E-state index contributed by atoms with van der Waals surface area (Å²) in [4.78, 5) is 16.8. The van der Waals surface area contributed by atoms with Crippen LogP contribution in [0.4, 0.5) is 14.5 Å². The van der Waals surface area contributed by atoms with E-state index in [1.54, 1.807) is 16.7 Å².